The second-order valence-corrected chi connectivity index (χ2v) is 4.78. The van der Waals surface area contributed by atoms with Gasteiger partial charge in [-0.05, 0) is 17.7 Å². The number of hydrogen-bond acceptors (Lipinski definition) is 3. The second kappa shape index (κ2) is 5.01. The van der Waals surface area contributed by atoms with Gasteiger partial charge in [-0.2, -0.15) is 18.3 Å². The number of aromatic nitrogens is 3. The van der Waals surface area contributed by atoms with Crippen molar-refractivity contribution in [3.05, 3.63) is 42.2 Å². The third kappa shape index (κ3) is 2.28. The van der Waals surface area contributed by atoms with E-state index in [1.165, 1.54) is 24.2 Å². The zero-order valence-electron chi connectivity index (χ0n) is 11.8. The number of methoxy groups -OCH3 is 1. The number of aryl methyl sites for hydroxylation is 1. The van der Waals surface area contributed by atoms with Gasteiger partial charge in [0.2, 0.25) is 0 Å². The molecular weight excluding hydrogens is 295 g/mol. The summed E-state index contributed by atoms with van der Waals surface area (Å²) in [7, 11) is 3.06. The third-order valence-electron chi connectivity index (χ3n) is 3.45. The number of benzene rings is 1. The molecule has 114 valence electrons. The molecule has 2 heterocycles. The fourth-order valence-corrected chi connectivity index (χ4v) is 2.39. The molecule has 0 saturated carbocycles. The van der Waals surface area contributed by atoms with Crippen LogP contribution in [0.15, 0.2) is 36.7 Å². The van der Waals surface area contributed by atoms with Crippen LogP contribution in [-0.2, 0) is 13.2 Å². The number of rotatable bonds is 2. The van der Waals surface area contributed by atoms with Gasteiger partial charge in [0.15, 0.2) is 5.65 Å². The normalized spacial score (nSPS) is 11.9. The first-order valence-electron chi connectivity index (χ1n) is 6.44. The molecule has 22 heavy (non-hydrogen) atoms. The summed E-state index contributed by atoms with van der Waals surface area (Å²) in [5, 5.41) is 3.86. The standard InChI is InChI=1S/C15H12F3N3O/c1-21-14-12(8-20-21)13(15(16,17)18)11(7-19-14)9-3-5-10(22-2)6-4-9/h3-8H,1-2H3. The van der Waals surface area contributed by atoms with Crippen molar-refractivity contribution in [2.75, 3.05) is 7.11 Å². The van der Waals surface area contributed by atoms with Crippen molar-refractivity contribution in [3.8, 4) is 16.9 Å². The molecule has 2 aromatic heterocycles. The zero-order chi connectivity index (χ0) is 15.9. The summed E-state index contributed by atoms with van der Waals surface area (Å²) in [6.07, 6.45) is -2.08. The first-order valence-corrected chi connectivity index (χ1v) is 6.44. The smallest absolute Gasteiger partial charge is 0.417 e. The second-order valence-electron chi connectivity index (χ2n) is 4.78. The predicted octanol–water partition coefficient (Wildman–Crippen LogP) is 3.66. The van der Waals surface area contributed by atoms with E-state index in [0.29, 0.717) is 11.3 Å². The van der Waals surface area contributed by atoms with Crippen LogP contribution in [0.5, 0.6) is 5.75 Å². The van der Waals surface area contributed by atoms with Gasteiger partial charge in [0.05, 0.1) is 24.3 Å². The molecule has 4 nitrogen and oxygen atoms in total. The van der Waals surface area contributed by atoms with Gasteiger partial charge >= 0.3 is 6.18 Å². The Morgan fingerprint density at radius 1 is 1.09 bits per heavy atom. The van der Waals surface area contributed by atoms with Crippen LogP contribution in [-0.4, -0.2) is 21.9 Å². The van der Waals surface area contributed by atoms with Gasteiger partial charge in [0.1, 0.15) is 5.75 Å². The van der Waals surface area contributed by atoms with Crippen LogP contribution in [0.25, 0.3) is 22.2 Å². The number of ether oxygens (including phenoxy) is 1. The zero-order valence-corrected chi connectivity index (χ0v) is 11.8. The van der Waals surface area contributed by atoms with Crippen molar-refractivity contribution >= 4 is 11.0 Å². The van der Waals surface area contributed by atoms with Crippen LogP contribution >= 0.6 is 0 Å². The van der Waals surface area contributed by atoms with Gasteiger partial charge in [-0.25, -0.2) is 4.98 Å². The molecule has 0 fully saturated rings. The quantitative estimate of drug-likeness (QED) is 0.725. The van der Waals surface area contributed by atoms with Gasteiger partial charge in [-0.3, -0.25) is 4.68 Å². The molecule has 0 amide bonds. The van der Waals surface area contributed by atoms with Crippen molar-refractivity contribution in [2.24, 2.45) is 7.05 Å². The molecule has 0 saturated heterocycles. The summed E-state index contributed by atoms with van der Waals surface area (Å²) in [6.45, 7) is 0. The third-order valence-corrected chi connectivity index (χ3v) is 3.45. The van der Waals surface area contributed by atoms with Gasteiger partial charge in [0.25, 0.3) is 0 Å². The fraction of sp³-hybridized carbons (Fsp3) is 0.200. The monoisotopic (exact) mass is 307 g/mol. The van der Waals surface area contributed by atoms with Crippen LogP contribution in [0.1, 0.15) is 5.56 Å². The summed E-state index contributed by atoms with van der Waals surface area (Å²) in [5.74, 6) is 0.577. The van der Waals surface area contributed by atoms with Crippen molar-refractivity contribution in [2.45, 2.75) is 6.18 Å². The molecule has 3 rings (SSSR count). The van der Waals surface area contributed by atoms with E-state index in [0.717, 1.165) is 0 Å². The first-order chi connectivity index (χ1) is 10.4. The molecular formula is C15H12F3N3O. The van der Waals surface area contributed by atoms with Crippen LogP contribution < -0.4 is 4.74 Å². The van der Waals surface area contributed by atoms with E-state index >= 15 is 0 Å². The van der Waals surface area contributed by atoms with E-state index in [1.54, 1.807) is 31.3 Å². The van der Waals surface area contributed by atoms with Crippen molar-refractivity contribution in [1.82, 2.24) is 14.8 Å². The van der Waals surface area contributed by atoms with E-state index < -0.39 is 11.7 Å². The topological polar surface area (TPSA) is 39.9 Å². The number of halogens is 3. The lowest BCUT2D eigenvalue weighted by Crippen LogP contribution is -2.09. The number of fused-ring (bicyclic) bond motifs is 1. The maximum absolute atomic E-state index is 13.5. The van der Waals surface area contributed by atoms with Gasteiger partial charge in [0, 0.05) is 18.8 Å². The minimum Gasteiger partial charge on any atom is -0.497 e. The Balaban J connectivity index is 2.28. The molecule has 7 heteroatoms. The summed E-state index contributed by atoms with van der Waals surface area (Å²) >= 11 is 0. The van der Waals surface area contributed by atoms with Crippen LogP contribution in [0.4, 0.5) is 13.2 Å². The van der Waals surface area contributed by atoms with Gasteiger partial charge in [-0.1, -0.05) is 12.1 Å². The first kappa shape index (κ1) is 14.4. The highest BCUT2D eigenvalue weighted by atomic mass is 19.4. The number of hydrogen-bond donors (Lipinski definition) is 0. The number of pyridine rings is 1. The lowest BCUT2D eigenvalue weighted by molar-refractivity contribution is -0.135. The number of alkyl halides is 3. The minimum absolute atomic E-state index is 0.0108. The largest absolute Gasteiger partial charge is 0.497 e. The average Bonchev–Trinajstić information content (AvgIpc) is 2.87. The predicted molar refractivity (Wildman–Crippen MR) is 75.5 cm³/mol. The molecule has 0 spiro atoms. The molecule has 0 aliphatic rings. The van der Waals surface area contributed by atoms with Crippen LogP contribution in [0.2, 0.25) is 0 Å². The molecule has 0 unspecified atom stereocenters. The Morgan fingerprint density at radius 3 is 2.36 bits per heavy atom. The van der Waals surface area contributed by atoms with Gasteiger partial charge in [-0.15, -0.1) is 0 Å². The molecule has 0 radical (unpaired) electrons. The van der Waals surface area contributed by atoms with Crippen molar-refractivity contribution in [3.63, 3.8) is 0 Å². The molecule has 0 aliphatic carbocycles. The van der Waals surface area contributed by atoms with E-state index in [1.807, 2.05) is 0 Å². The Labute approximate surface area is 124 Å². The maximum Gasteiger partial charge on any atom is 0.417 e. The van der Waals surface area contributed by atoms with E-state index in [9.17, 15) is 13.2 Å². The molecule has 1 aromatic carbocycles. The van der Waals surface area contributed by atoms with E-state index in [2.05, 4.69) is 10.1 Å². The molecule has 0 atom stereocenters. The molecule has 3 aromatic rings. The molecule has 0 aliphatic heterocycles. The highest BCUT2D eigenvalue weighted by Crippen LogP contribution is 2.41. The van der Waals surface area contributed by atoms with Crippen LogP contribution in [0, 0.1) is 0 Å². The highest BCUT2D eigenvalue weighted by Gasteiger charge is 2.37. The Hall–Kier alpha value is -2.57. The lowest BCUT2D eigenvalue weighted by Gasteiger charge is -2.14. The highest BCUT2D eigenvalue weighted by molar-refractivity contribution is 5.87. The Bertz CT molecular complexity index is 822. The van der Waals surface area contributed by atoms with Crippen molar-refractivity contribution in [1.29, 1.82) is 0 Å². The maximum atomic E-state index is 13.5. The SMILES string of the molecule is COc1ccc(-c2cnc3c(cnn3C)c2C(F)(F)F)cc1. The lowest BCUT2D eigenvalue weighted by atomic mass is 9.99. The van der Waals surface area contributed by atoms with Crippen LogP contribution in [0.3, 0.4) is 0 Å². The van der Waals surface area contributed by atoms with E-state index in [4.69, 9.17) is 4.74 Å². The molecule has 0 bridgehead atoms. The minimum atomic E-state index is -4.50. The van der Waals surface area contributed by atoms with E-state index in [-0.39, 0.29) is 16.6 Å². The summed E-state index contributed by atoms with van der Waals surface area (Å²) in [6, 6.07) is 6.38. The van der Waals surface area contributed by atoms with Crippen molar-refractivity contribution < 1.29 is 17.9 Å². The summed E-state index contributed by atoms with van der Waals surface area (Å²) in [4.78, 5) is 4.10. The summed E-state index contributed by atoms with van der Waals surface area (Å²) in [5.41, 5.74) is -0.0811. The van der Waals surface area contributed by atoms with Gasteiger partial charge < -0.3 is 4.74 Å². The average molecular weight is 307 g/mol. The summed E-state index contributed by atoms with van der Waals surface area (Å²) < 4.78 is 46.9. The Morgan fingerprint density at radius 2 is 1.77 bits per heavy atom. The Kier molecular flexibility index (Phi) is 3.27. The molecule has 0 N–H and O–H groups in total. The number of nitrogens with zero attached hydrogens (tertiary/aromatic N) is 3. The fourth-order valence-electron chi connectivity index (χ4n) is 2.39.